The average Bonchev–Trinajstić information content (AvgIpc) is 3.45. The Bertz CT molecular complexity index is 773. The number of ether oxygens (including phenoxy) is 2. The van der Waals surface area contributed by atoms with Crippen LogP contribution in [0.25, 0.3) is 0 Å². The van der Waals surface area contributed by atoms with Crippen molar-refractivity contribution >= 4 is 0 Å². The van der Waals surface area contributed by atoms with Gasteiger partial charge in [0, 0.05) is 32.8 Å². The van der Waals surface area contributed by atoms with Crippen LogP contribution in [-0.4, -0.2) is 43.4 Å². The van der Waals surface area contributed by atoms with E-state index in [9.17, 15) is 0 Å². The lowest BCUT2D eigenvalue weighted by atomic mass is 10.1. The fourth-order valence-electron chi connectivity index (χ4n) is 6.57. The van der Waals surface area contributed by atoms with Gasteiger partial charge in [-0.2, -0.15) is 0 Å². The maximum Gasteiger partial charge on any atom is 0.0975 e. The molecule has 0 saturated carbocycles. The van der Waals surface area contributed by atoms with Gasteiger partial charge in [0.25, 0.3) is 0 Å². The Morgan fingerprint density at radius 2 is 0.870 bits per heavy atom. The number of allylic oxidation sites excluding steroid dienone is 4. The maximum atomic E-state index is 6.48. The molecule has 0 bridgehead atoms. The maximum absolute atomic E-state index is 6.48. The van der Waals surface area contributed by atoms with E-state index < -0.39 is 0 Å². The molecular weight excluding hydrogens is 562 g/mol. The molecule has 264 valence electrons. The Morgan fingerprint density at radius 3 is 1.28 bits per heavy atom. The fraction of sp³-hybridized carbons (Fsp3) is 0.767. The quantitative estimate of drug-likeness (QED) is 0.0579. The van der Waals surface area contributed by atoms with Gasteiger partial charge in [0.05, 0.1) is 12.2 Å². The number of rotatable bonds is 32. The second-order valence-corrected chi connectivity index (χ2v) is 14.0. The fourth-order valence-corrected chi connectivity index (χ4v) is 6.57. The van der Waals surface area contributed by atoms with Crippen LogP contribution in [-0.2, 0) is 16.0 Å². The van der Waals surface area contributed by atoms with E-state index in [0.717, 1.165) is 32.8 Å². The van der Waals surface area contributed by atoms with Gasteiger partial charge in [-0.25, -0.2) is 0 Å². The number of hydrogen-bond donors (Lipinski definition) is 0. The molecule has 1 aromatic carbocycles. The molecule has 1 heterocycles. The molecule has 0 spiro atoms. The van der Waals surface area contributed by atoms with Crippen LogP contribution in [0, 0.1) is 0 Å². The summed E-state index contributed by atoms with van der Waals surface area (Å²) < 4.78 is 13.0. The predicted molar refractivity (Wildman–Crippen MR) is 202 cm³/mol. The molecule has 1 unspecified atom stereocenters. The second-order valence-electron chi connectivity index (χ2n) is 14.0. The topological polar surface area (TPSA) is 21.7 Å². The minimum Gasteiger partial charge on any atom is -0.374 e. The lowest BCUT2D eigenvalue weighted by Gasteiger charge is -2.20. The molecule has 46 heavy (non-hydrogen) atoms. The zero-order chi connectivity index (χ0) is 32.6. The summed E-state index contributed by atoms with van der Waals surface area (Å²) in [5.41, 5.74) is 1.38. The van der Waals surface area contributed by atoms with Crippen LogP contribution in [0.5, 0.6) is 0 Å². The second kappa shape index (κ2) is 30.9. The van der Waals surface area contributed by atoms with Gasteiger partial charge in [-0.3, -0.25) is 4.90 Å². The van der Waals surface area contributed by atoms with Gasteiger partial charge < -0.3 is 9.47 Å². The highest BCUT2D eigenvalue weighted by Crippen LogP contribution is 2.21. The van der Waals surface area contributed by atoms with Crippen molar-refractivity contribution in [1.29, 1.82) is 0 Å². The van der Waals surface area contributed by atoms with Crippen molar-refractivity contribution in [2.75, 3.05) is 26.3 Å². The minimum absolute atomic E-state index is 0.206. The average molecular weight is 638 g/mol. The molecular formula is C43H75NO2. The number of nitrogens with zero attached hydrogens (tertiary/aromatic N) is 1. The van der Waals surface area contributed by atoms with Crippen LogP contribution in [0.4, 0.5) is 0 Å². The van der Waals surface area contributed by atoms with Gasteiger partial charge >= 0.3 is 0 Å². The van der Waals surface area contributed by atoms with E-state index in [1.807, 2.05) is 0 Å². The zero-order valence-corrected chi connectivity index (χ0v) is 30.6. The smallest absolute Gasteiger partial charge is 0.0975 e. The van der Waals surface area contributed by atoms with Crippen LogP contribution in [0.2, 0.25) is 0 Å². The molecule has 3 heteroatoms. The summed E-state index contributed by atoms with van der Waals surface area (Å²) in [5.74, 6) is 0. The first-order valence-electron chi connectivity index (χ1n) is 20.1. The minimum atomic E-state index is 0.206. The van der Waals surface area contributed by atoms with Crippen molar-refractivity contribution in [3.05, 3.63) is 60.2 Å². The molecule has 2 rings (SSSR count). The lowest BCUT2D eigenvalue weighted by Crippen LogP contribution is -2.30. The SMILES string of the molecule is CCCCCC/C=C\CCCCCCCCOC1CN(Cc2ccccc2)C[C@H]1OCCCCCCCC/C=C\CCCCCC. The summed E-state index contributed by atoms with van der Waals surface area (Å²) in [6.07, 6.45) is 41.8. The molecule has 2 atom stereocenters. The highest BCUT2D eigenvalue weighted by atomic mass is 16.5. The van der Waals surface area contributed by atoms with E-state index in [2.05, 4.69) is 73.4 Å². The van der Waals surface area contributed by atoms with E-state index in [0.29, 0.717) is 0 Å². The summed E-state index contributed by atoms with van der Waals surface area (Å²) in [6.45, 7) is 9.27. The highest BCUT2D eigenvalue weighted by Gasteiger charge is 2.34. The number of benzene rings is 1. The van der Waals surface area contributed by atoms with Crippen LogP contribution < -0.4 is 0 Å². The molecule has 1 aromatic rings. The zero-order valence-electron chi connectivity index (χ0n) is 30.6. The number of hydrogen-bond acceptors (Lipinski definition) is 3. The molecule has 0 amide bonds. The molecule has 3 nitrogen and oxygen atoms in total. The molecule has 1 aliphatic heterocycles. The van der Waals surface area contributed by atoms with Crippen LogP contribution in [0.3, 0.4) is 0 Å². The Morgan fingerprint density at radius 1 is 0.500 bits per heavy atom. The molecule has 0 aliphatic carbocycles. The Balaban J connectivity index is 1.52. The third-order valence-electron chi connectivity index (χ3n) is 9.52. The molecule has 0 aromatic heterocycles. The van der Waals surface area contributed by atoms with Gasteiger partial charge in [-0.15, -0.1) is 0 Å². The van der Waals surface area contributed by atoms with E-state index in [1.54, 1.807) is 0 Å². The van der Waals surface area contributed by atoms with Gasteiger partial charge in [-0.1, -0.05) is 158 Å². The molecule has 0 radical (unpaired) electrons. The van der Waals surface area contributed by atoms with Crippen molar-refractivity contribution in [3.8, 4) is 0 Å². The van der Waals surface area contributed by atoms with Crippen LogP contribution >= 0.6 is 0 Å². The summed E-state index contributed by atoms with van der Waals surface area (Å²) in [7, 11) is 0. The Hall–Kier alpha value is -1.42. The largest absolute Gasteiger partial charge is 0.374 e. The van der Waals surface area contributed by atoms with Crippen molar-refractivity contribution < 1.29 is 9.47 Å². The van der Waals surface area contributed by atoms with Crippen molar-refractivity contribution in [3.63, 3.8) is 0 Å². The summed E-state index contributed by atoms with van der Waals surface area (Å²) in [5, 5.41) is 0. The van der Waals surface area contributed by atoms with Crippen molar-refractivity contribution in [1.82, 2.24) is 4.90 Å². The van der Waals surface area contributed by atoms with Gasteiger partial charge in [0.15, 0.2) is 0 Å². The summed E-state index contributed by atoms with van der Waals surface area (Å²) >= 11 is 0. The normalized spacial score (nSPS) is 17.3. The van der Waals surface area contributed by atoms with E-state index in [1.165, 1.54) is 160 Å². The standard InChI is InChI=1S/C43H75NO2/c1-3-5-7-9-11-13-15-17-19-21-23-25-27-32-36-45-42-39-44(38-41-34-30-29-31-35-41)40-43(42)46-37-33-28-26-24-22-20-18-16-14-12-10-8-6-4-2/h13-16,29-31,34-35,42-43H,3-12,17-28,32-33,36-40H2,1-2H3/b15-13-,16-14-/t42-,43?/m1/s1. The third kappa shape index (κ3) is 23.0. The van der Waals surface area contributed by atoms with E-state index in [-0.39, 0.29) is 12.2 Å². The van der Waals surface area contributed by atoms with E-state index in [4.69, 9.17) is 9.47 Å². The first-order chi connectivity index (χ1) is 22.8. The monoisotopic (exact) mass is 638 g/mol. The van der Waals surface area contributed by atoms with Gasteiger partial charge in [0.2, 0.25) is 0 Å². The van der Waals surface area contributed by atoms with Crippen LogP contribution in [0.1, 0.15) is 174 Å². The predicted octanol–water partition coefficient (Wildman–Crippen LogP) is 12.8. The summed E-state index contributed by atoms with van der Waals surface area (Å²) in [4.78, 5) is 2.53. The molecule has 1 saturated heterocycles. The Labute approximate surface area is 287 Å². The summed E-state index contributed by atoms with van der Waals surface area (Å²) in [6, 6.07) is 10.9. The molecule has 1 fully saturated rings. The first kappa shape index (κ1) is 40.8. The molecule has 0 N–H and O–H groups in total. The molecule has 1 aliphatic rings. The van der Waals surface area contributed by atoms with Gasteiger partial charge in [0.1, 0.15) is 0 Å². The number of likely N-dealkylation sites (tertiary alicyclic amines) is 1. The first-order valence-corrected chi connectivity index (χ1v) is 20.1. The van der Waals surface area contributed by atoms with E-state index >= 15 is 0 Å². The lowest BCUT2D eigenvalue weighted by molar-refractivity contribution is -0.0481. The number of unbranched alkanes of at least 4 members (excludes halogenated alkanes) is 20. The van der Waals surface area contributed by atoms with Crippen LogP contribution in [0.15, 0.2) is 54.6 Å². The van der Waals surface area contributed by atoms with Gasteiger partial charge in [-0.05, 0) is 69.8 Å². The Kier molecular flexibility index (Phi) is 27.4. The van der Waals surface area contributed by atoms with Crippen molar-refractivity contribution in [2.24, 2.45) is 0 Å². The van der Waals surface area contributed by atoms with Crippen molar-refractivity contribution in [2.45, 2.75) is 187 Å². The third-order valence-corrected chi connectivity index (χ3v) is 9.52. The highest BCUT2D eigenvalue weighted by molar-refractivity contribution is 5.14.